The van der Waals surface area contributed by atoms with Crippen LogP contribution >= 0.6 is 0 Å². The van der Waals surface area contributed by atoms with E-state index in [1.54, 1.807) is 55.7 Å². The van der Waals surface area contributed by atoms with Gasteiger partial charge in [-0.3, -0.25) is 9.78 Å². The minimum absolute atomic E-state index is 0.102. The predicted octanol–water partition coefficient (Wildman–Crippen LogP) is 4.97. The number of carbonyl (C=O) groups is 2. The Balaban J connectivity index is 1.43. The summed E-state index contributed by atoms with van der Waals surface area (Å²) < 4.78 is 16.9. The highest BCUT2D eigenvalue weighted by Gasteiger charge is 2.30. The van der Waals surface area contributed by atoms with Gasteiger partial charge >= 0.3 is 5.97 Å². The minimum Gasteiger partial charge on any atom is -0.452 e. The van der Waals surface area contributed by atoms with Crippen LogP contribution in [0.4, 0.5) is 0 Å². The van der Waals surface area contributed by atoms with E-state index in [4.69, 9.17) is 13.9 Å². The average Bonchev–Trinajstić information content (AvgIpc) is 3.33. The summed E-state index contributed by atoms with van der Waals surface area (Å²) in [7, 11) is 0. The smallest absolute Gasteiger partial charge is 0.379 e. The van der Waals surface area contributed by atoms with Gasteiger partial charge in [0.1, 0.15) is 17.1 Å². The predicted molar refractivity (Wildman–Crippen MR) is 110 cm³/mol. The van der Waals surface area contributed by atoms with Crippen molar-refractivity contribution in [3.63, 3.8) is 0 Å². The average molecular weight is 397 g/mol. The first-order valence-corrected chi connectivity index (χ1v) is 9.29. The quantitative estimate of drug-likeness (QED) is 0.276. The van der Waals surface area contributed by atoms with Gasteiger partial charge in [-0.2, -0.15) is 0 Å². The molecule has 2 aromatic carbocycles. The minimum atomic E-state index is -0.621. The molecule has 0 unspecified atom stereocenters. The number of ketones is 1. The summed E-state index contributed by atoms with van der Waals surface area (Å²) in [5, 5.41) is 0.814. The molecule has 0 atom stereocenters. The van der Waals surface area contributed by atoms with Crippen LogP contribution in [-0.4, -0.2) is 16.7 Å². The van der Waals surface area contributed by atoms with E-state index >= 15 is 0 Å². The van der Waals surface area contributed by atoms with Crippen molar-refractivity contribution in [1.82, 2.24) is 4.98 Å². The number of carbonyl (C=O) groups excluding carboxylic acids is 2. The van der Waals surface area contributed by atoms with Crippen molar-refractivity contribution < 1.29 is 23.5 Å². The number of benzene rings is 2. The lowest BCUT2D eigenvalue weighted by Gasteiger charge is -2.09. The monoisotopic (exact) mass is 397 g/mol. The number of furan rings is 1. The van der Waals surface area contributed by atoms with E-state index in [1.807, 2.05) is 24.3 Å². The zero-order chi connectivity index (χ0) is 20.7. The third-order valence-corrected chi connectivity index (χ3v) is 4.85. The Morgan fingerprint density at radius 3 is 2.77 bits per heavy atom. The molecule has 3 heterocycles. The summed E-state index contributed by atoms with van der Waals surface area (Å²) in [5.74, 6) is 0.128. The molecule has 0 fully saturated rings. The van der Waals surface area contributed by atoms with E-state index in [1.165, 1.54) is 0 Å². The van der Waals surface area contributed by atoms with Crippen LogP contribution in [0.5, 0.6) is 11.5 Å². The highest BCUT2D eigenvalue weighted by Crippen LogP contribution is 2.39. The maximum Gasteiger partial charge on any atom is 0.379 e. The molecule has 6 heteroatoms. The van der Waals surface area contributed by atoms with E-state index in [0.717, 1.165) is 10.9 Å². The molecular formula is C24H15NO5. The number of pyridine rings is 1. The van der Waals surface area contributed by atoms with Gasteiger partial charge in [0.15, 0.2) is 5.76 Å². The van der Waals surface area contributed by atoms with Crippen molar-refractivity contribution in [1.29, 1.82) is 0 Å². The first-order valence-electron chi connectivity index (χ1n) is 9.29. The number of hydrogen-bond acceptors (Lipinski definition) is 6. The van der Waals surface area contributed by atoms with Crippen LogP contribution in [0.1, 0.15) is 32.0 Å². The van der Waals surface area contributed by atoms with Crippen molar-refractivity contribution in [2.24, 2.45) is 0 Å². The van der Waals surface area contributed by atoms with E-state index in [2.05, 4.69) is 4.98 Å². The summed E-state index contributed by atoms with van der Waals surface area (Å²) in [6.07, 6.45) is 4.93. The first-order chi connectivity index (χ1) is 14.6. The van der Waals surface area contributed by atoms with Gasteiger partial charge in [-0.15, -0.1) is 0 Å². The second kappa shape index (κ2) is 7.00. The van der Waals surface area contributed by atoms with Crippen LogP contribution in [0.25, 0.3) is 17.0 Å². The number of rotatable bonds is 3. The Kier molecular flexibility index (Phi) is 4.17. The maximum absolute atomic E-state index is 12.7. The van der Waals surface area contributed by atoms with Crippen molar-refractivity contribution in [2.45, 2.75) is 6.92 Å². The normalized spacial score (nSPS) is 14.0. The second-order valence-corrected chi connectivity index (χ2v) is 6.83. The number of allylic oxidation sites excluding steroid dienone is 1. The molecule has 30 heavy (non-hydrogen) atoms. The fraction of sp³-hybridized carbons (Fsp3) is 0.0417. The van der Waals surface area contributed by atoms with E-state index in [0.29, 0.717) is 28.2 Å². The van der Waals surface area contributed by atoms with Crippen LogP contribution in [0.3, 0.4) is 0 Å². The maximum atomic E-state index is 12.7. The number of Topliss-reactive ketones (excluding diaryl/α,β-unsaturated/α-hetero) is 1. The molecule has 2 aromatic heterocycles. The van der Waals surface area contributed by atoms with E-state index in [9.17, 15) is 9.59 Å². The summed E-state index contributed by atoms with van der Waals surface area (Å²) in [4.78, 5) is 29.3. The molecule has 1 aliphatic rings. The van der Waals surface area contributed by atoms with Crippen LogP contribution in [0.2, 0.25) is 0 Å². The van der Waals surface area contributed by atoms with Gasteiger partial charge in [-0.1, -0.05) is 24.3 Å². The molecule has 0 N–H and O–H groups in total. The Labute approximate surface area is 171 Å². The van der Waals surface area contributed by atoms with Crippen LogP contribution in [0.15, 0.2) is 77.2 Å². The molecule has 146 valence electrons. The fourth-order valence-electron chi connectivity index (χ4n) is 3.32. The Morgan fingerprint density at radius 2 is 1.97 bits per heavy atom. The molecule has 0 spiro atoms. The van der Waals surface area contributed by atoms with Gasteiger partial charge in [-0.05, 0) is 48.9 Å². The largest absolute Gasteiger partial charge is 0.452 e. The van der Waals surface area contributed by atoms with Gasteiger partial charge in [0, 0.05) is 23.3 Å². The molecule has 4 aromatic rings. The molecule has 0 saturated heterocycles. The Hall–Kier alpha value is -4.19. The second-order valence-electron chi connectivity index (χ2n) is 6.83. The van der Waals surface area contributed by atoms with E-state index < -0.39 is 5.97 Å². The van der Waals surface area contributed by atoms with Gasteiger partial charge in [0.05, 0.1) is 5.56 Å². The van der Waals surface area contributed by atoms with E-state index in [-0.39, 0.29) is 17.3 Å². The van der Waals surface area contributed by atoms with Crippen molar-refractivity contribution in [2.75, 3.05) is 0 Å². The van der Waals surface area contributed by atoms with Crippen molar-refractivity contribution in [3.8, 4) is 11.5 Å². The number of nitrogens with zero attached hydrogens (tertiary/aromatic N) is 1. The molecular weight excluding hydrogens is 382 g/mol. The number of hydrogen-bond donors (Lipinski definition) is 0. The lowest BCUT2D eigenvalue weighted by Crippen LogP contribution is -2.08. The van der Waals surface area contributed by atoms with Gasteiger partial charge < -0.3 is 13.9 Å². The molecule has 0 radical (unpaired) electrons. The number of para-hydroxylation sites is 1. The van der Waals surface area contributed by atoms with Gasteiger partial charge in [0.25, 0.3) is 0 Å². The van der Waals surface area contributed by atoms with Crippen molar-refractivity contribution >= 4 is 28.8 Å². The SMILES string of the molecule is Cc1c(OC(=O)c2cc3ccccc3o2)ccc2c1O/C(=C\c1cccnc1)C2=O. The zero-order valence-electron chi connectivity index (χ0n) is 15.9. The highest BCUT2D eigenvalue weighted by atomic mass is 16.5. The fourth-order valence-corrected chi connectivity index (χ4v) is 3.32. The summed E-state index contributed by atoms with van der Waals surface area (Å²) in [6.45, 7) is 1.74. The third-order valence-electron chi connectivity index (χ3n) is 4.85. The third kappa shape index (κ3) is 3.04. The molecule has 0 aliphatic carbocycles. The summed E-state index contributed by atoms with van der Waals surface area (Å²) >= 11 is 0. The molecule has 0 bridgehead atoms. The molecule has 5 rings (SSSR count). The lowest BCUT2D eigenvalue weighted by atomic mass is 10.1. The van der Waals surface area contributed by atoms with Crippen LogP contribution in [-0.2, 0) is 0 Å². The number of aromatic nitrogens is 1. The number of ether oxygens (including phenoxy) is 2. The van der Waals surface area contributed by atoms with Crippen LogP contribution < -0.4 is 9.47 Å². The zero-order valence-corrected chi connectivity index (χ0v) is 15.9. The van der Waals surface area contributed by atoms with Crippen molar-refractivity contribution in [3.05, 3.63) is 95.2 Å². The van der Waals surface area contributed by atoms with Gasteiger partial charge in [-0.25, -0.2) is 4.79 Å². The standard InChI is InChI=1S/C24H15NO5/c1-14-18(30-24(27)21-12-16-6-2-3-7-19(16)28-21)9-8-17-22(26)20(29-23(14)17)11-15-5-4-10-25-13-15/h2-13H,1H3/b20-11-. The molecule has 1 aliphatic heterocycles. The first kappa shape index (κ1) is 17.9. The highest BCUT2D eigenvalue weighted by molar-refractivity contribution is 6.15. The summed E-state index contributed by atoms with van der Waals surface area (Å²) in [5.41, 5.74) is 2.34. The molecule has 6 nitrogen and oxygen atoms in total. The summed E-state index contributed by atoms with van der Waals surface area (Å²) in [6, 6.07) is 15.7. The van der Waals surface area contributed by atoms with Crippen LogP contribution in [0, 0.1) is 6.92 Å². The Bertz CT molecular complexity index is 1300. The Morgan fingerprint density at radius 1 is 1.10 bits per heavy atom. The molecule has 0 amide bonds. The number of fused-ring (bicyclic) bond motifs is 2. The lowest BCUT2D eigenvalue weighted by molar-refractivity contribution is 0.0702. The topological polar surface area (TPSA) is 78.6 Å². The molecule has 0 saturated carbocycles. The number of esters is 1. The van der Waals surface area contributed by atoms with Gasteiger partial charge in [0.2, 0.25) is 11.5 Å².